The second-order valence-electron chi connectivity index (χ2n) is 3.74. The van der Waals surface area contributed by atoms with E-state index in [1.807, 2.05) is 30.3 Å². The maximum Gasteiger partial charge on any atom is 0.304 e. The fraction of sp³-hybridized carbons (Fsp3) is 0.273. The van der Waals surface area contributed by atoms with Gasteiger partial charge in [-0.3, -0.25) is 4.79 Å². The fourth-order valence-electron chi connectivity index (χ4n) is 1.71. The van der Waals surface area contributed by atoms with Gasteiger partial charge in [0.25, 0.3) is 0 Å². The molecule has 6 nitrogen and oxygen atoms in total. The van der Waals surface area contributed by atoms with Crippen LogP contribution in [-0.4, -0.2) is 31.3 Å². The van der Waals surface area contributed by atoms with Gasteiger partial charge in [0.15, 0.2) is 0 Å². The van der Waals surface area contributed by atoms with E-state index in [0.29, 0.717) is 6.54 Å². The lowest BCUT2D eigenvalue weighted by Crippen LogP contribution is -2.14. The summed E-state index contributed by atoms with van der Waals surface area (Å²) in [6.45, 7) is 0.462. The van der Waals surface area contributed by atoms with Crippen molar-refractivity contribution in [3.8, 4) is 0 Å². The van der Waals surface area contributed by atoms with Crippen molar-refractivity contribution in [2.24, 2.45) is 0 Å². The molecule has 1 unspecified atom stereocenters. The molecule has 1 aromatic heterocycles. The number of carbonyl (C=O) groups is 1. The summed E-state index contributed by atoms with van der Waals surface area (Å²) in [5.74, 6) is -0.955. The lowest BCUT2D eigenvalue weighted by Gasteiger charge is -2.14. The smallest absolute Gasteiger partial charge is 0.304 e. The van der Waals surface area contributed by atoms with Gasteiger partial charge in [-0.2, -0.15) is 0 Å². The standard InChI is InChI=1S/C11H12N4O2/c16-11(17)6-10(7-15-8-12-13-14-15)9-4-2-1-3-5-9/h1-5,8,10H,6-7H2,(H,16,17). The Labute approximate surface area is 97.9 Å². The Morgan fingerprint density at radius 3 is 2.71 bits per heavy atom. The number of rotatable bonds is 5. The molecule has 0 saturated carbocycles. The molecule has 0 aliphatic carbocycles. The maximum atomic E-state index is 10.9. The van der Waals surface area contributed by atoms with Crippen LogP contribution in [0.1, 0.15) is 17.9 Å². The molecule has 6 heteroatoms. The van der Waals surface area contributed by atoms with E-state index in [-0.39, 0.29) is 12.3 Å². The predicted octanol–water partition coefficient (Wildman–Crippen LogP) is 0.932. The Bertz CT molecular complexity index is 469. The third-order valence-corrected chi connectivity index (χ3v) is 2.49. The minimum Gasteiger partial charge on any atom is -0.481 e. The van der Waals surface area contributed by atoms with Crippen LogP contribution in [0.3, 0.4) is 0 Å². The normalized spacial score (nSPS) is 12.2. The summed E-state index contributed by atoms with van der Waals surface area (Å²) in [5.41, 5.74) is 0.977. The second-order valence-corrected chi connectivity index (χ2v) is 3.74. The largest absolute Gasteiger partial charge is 0.481 e. The molecule has 0 bridgehead atoms. The van der Waals surface area contributed by atoms with Crippen LogP contribution < -0.4 is 0 Å². The molecular formula is C11H12N4O2. The summed E-state index contributed by atoms with van der Waals surface area (Å²) < 4.78 is 1.54. The lowest BCUT2D eigenvalue weighted by molar-refractivity contribution is -0.137. The van der Waals surface area contributed by atoms with Gasteiger partial charge >= 0.3 is 5.97 Å². The molecule has 1 heterocycles. The fourth-order valence-corrected chi connectivity index (χ4v) is 1.71. The van der Waals surface area contributed by atoms with Gasteiger partial charge in [-0.25, -0.2) is 4.68 Å². The zero-order valence-electron chi connectivity index (χ0n) is 9.10. The zero-order valence-corrected chi connectivity index (χ0v) is 9.10. The summed E-state index contributed by atoms with van der Waals surface area (Å²) in [4.78, 5) is 10.9. The van der Waals surface area contributed by atoms with Crippen molar-refractivity contribution >= 4 is 5.97 Å². The van der Waals surface area contributed by atoms with Gasteiger partial charge in [-0.1, -0.05) is 30.3 Å². The van der Waals surface area contributed by atoms with Gasteiger partial charge < -0.3 is 5.11 Å². The number of benzene rings is 1. The van der Waals surface area contributed by atoms with Crippen LogP contribution in [0, 0.1) is 0 Å². The van der Waals surface area contributed by atoms with Crippen molar-refractivity contribution in [1.29, 1.82) is 0 Å². The van der Waals surface area contributed by atoms with E-state index in [9.17, 15) is 4.79 Å². The topological polar surface area (TPSA) is 80.9 Å². The average molecular weight is 232 g/mol. The molecule has 0 saturated heterocycles. The Morgan fingerprint density at radius 1 is 1.35 bits per heavy atom. The number of nitrogens with zero attached hydrogens (tertiary/aromatic N) is 4. The number of carboxylic acid groups (broad SMARTS) is 1. The van der Waals surface area contributed by atoms with Crippen LogP contribution in [-0.2, 0) is 11.3 Å². The second kappa shape index (κ2) is 5.20. The molecule has 0 amide bonds. The lowest BCUT2D eigenvalue weighted by atomic mass is 9.96. The number of aromatic nitrogens is 4. The number of carboxylic acids is 1. The molecule has 1 aromatic carbocycles. The van der Waals surface area contributed by atoms with Crippen LogP contribution in [0.5, 0.6) is 0 Å². The van der Waals surface area contributed by atoms with Crippen LogP contribution in [0.25, 0.3) is 0 Å². The van der Waals surface area contributed by atoms with E-state index < -0.39 is 5.97 Å². The maximum absolute atomic E-state index is 10.9. The minimum absolute atomic E-state index is 0.0594. The molecule has 2 rings (SSSR count). The molecule has 0 aliphatic rings. The highest BCUT2D eigenvalue weighted by molar-refractivity contribution is 5.68. The van der Waals surface area contributed by atoms with Crippen molar-refractivity contribution in [1.82, 2.24) is 20.2 Å². The first-order chi connectivity index (χ1) is 8.25. The minimum atomic E-state index is -0.827. The Morgan fingerprint density at radius 2 is 2.12 bits per heavy atom. The van der Waals surface area contributed by atoms with E-state index in [0.717, 1.165) is 5.56 Å². The number of tetrazole rings is 1. The first kappa shape index (κ1) is 11.3. The molecule has 0 spiro atoms. The number of aliphatic carboxylic acids is 1. The van der Waals surface area contributed by atoms with Crippen molar-refractivity contribution < 1.29 is 9.90 Å². The quantitative estimate of drug-likeness (QED) is 0.829. The summed E-state index contributed by atoms with van der Waals surface area (Å²) in [6, 6.07) is 9.52. The van der Waals surface area contributed by atoms with Gasteiger partial charge in [0, 0.05) is 5.92 Å². The monoisotopic (exact) mass is 232 g/mol. The van der Waals surface area contributed by atoms with Crippen molar-refractivity contribution in [3.05, 3.63) is 42.2 Å². The van der Waals surface area contributed by atoms with E-state index in [1.54, 1.807) is 4.68 Å². The van der Waals surface area contributed by atoms with Crippen molar-refractivity contribution in [2.45, 2.75) is 18.9 Å². The molecule has 88 valence electrons. The van der Waals surface area contributed by atoms with E-state index in [4.69, 9.17) is 5.11 Å². The molecular weight excluding hydrogens is 220 g/mol. The van der Waals surface area contributed by atoms with E-state index in [1.165, 1.54) is 6.33 Å². The Kier molecular flexibility index (Phi) is 3.44. The van der Waals surface area contributed by atoms with Crippen LogP contribution in [0.2, 0.25) is 0 Å². The third kappa shape index (κ3) is 3.10. The van der Waals surface area contributed by atoms with Crippen LogP contribution >= 0.6 is 0 Å². The zero-order chi connectivity index (χ0) is 12.1. The molecule has 0 fully saturated rings. The SMILES string of the molecule is O=C(O)CC(Cn1cnnn1)c1ccccc1. The summed E-state index contributed by atoms with van der Waals surface area (Å²) >= 11 is 0. The summed E-state index contributed by atoms with van der Waals surface area (Å²) in [7, 11) is 0. The summed E-state index contributed by atoms with van der Waals surface area (Å²) in [5, 5.41) is 19.7. The van der Waals surface area contributed by atoms with Gasteiger partial charge in [-0.15, -0.1) is 5.10 Å². The summed E-state index contributed by atoms with van der Waals surface area (Å²) in [6.07, 6.45) is 1.54. The first-order valence-electron chi connectivity index (χ1n) is 5.23. The van der Waals surface area contributed by atoms with Crippen molar-refractivity contribution in [2.75, 3.05) is 0 Å². The molecule has 1 N–H and O–H groups in total. The van der Waals surface area contributed by atoms with Crippen molar-refractivity contribution in [3.63, 3.8) is 0 Å². The molecule has 0 aliphatic heterocycles. The number of hydrogen-bond acceptors (Lipinski definition) is 4. The highest BCUT2D eigenvalue weighted by atomic mass is 16.4. The van der Waals surface area contributed by atoms with E-state index >= 15 is 0 Å². The number of hydrogen-bond donors (Lipinski definition) is 1. The van der Waals surface area contributed by atoms with Crippen LogP contribution in [0.15, 0.2) is 36.7 Å². The average Bonchev–Trinajstić information content (AvgIpc) is 2.82. The Balaban J connectivity index is 2.16. The molecule has 0 radical (unpaired) electrons. The molecule has 2 aromatic rings. The van der Waals surface area contributed by atoms with Gasteiger partial charge in [0.05, 0.1) is 13.0 Å². The molecule has 1 atom stereocenters. The van der Waals surface area contributed by atoms with Crippen LogP contribution in [0.4, 0.5) is 0 Å². The first-order valence-corrected chi connectivity index (χ1v) is 5.23. The Hall–Kier alpha value is -2.24. The van der Waals surface area contributed by atoms with Gasteiger partial charge in [0.1, 0.15) is 6.33 Å². The molecule has 17 heavy (non-hydrogen) atoms. The predicted molar refractivity (Wildman–Crippen MR) is 59.3 cm³/mol. The highest BCUT2D eigenvalue weighted by Gasteiger charge is 2.16. The third-order valence-electron chi connectivity index (χ3n) is 2.49. The van der Waals surface area contributed by atoms with Gasteiger partial charge in [0.2, 0.25) is 0 Å². The van der Waals surface area contributed by atoms with E-state index in [2.05, 4.69) is 15.5 Å². The highest BCUT2D eigenvalue weighted by Crippen LogP contribution is 2.21. The van der Waals surface area contributed by atoms with Gasteiger partial charge in [-0.05, 0) is 16.0 Å².